The Morgan fingerprint density at radius 2 is 1.85 bits per heavy atom. The highest BCUT2D eigenvalue weighted by molar-refractivity contribution is 6.27. The standard InChI is InChI=1S/C9H19ClN2O/c1-4-5-12(9(13)8-10)7-6-11(2)3/h4-8H2,1-3H3. The molecule has 13 heavy (non-hydrogen) atoms. The molecule has 3 nitrogen and oxygen atoms in total. The molecule has 0 aliphatic carbocycles. The molecule has 0 spiro atoms. The number of amides is 1. The summed E-state index contributed by atoms with van der Waals surface area (Å²) in [6.45, 7) is 4.53. The highest BCUT2D eigenvalue weighted by atomic mass is 35.5. The number of alkyl halides is 1. The van der Waals surface area contributed by atoms with Crippen LogP contribution in [0, 0.1) is 0 Å². The fourth-order valence-corrected chi connectivity index (χ4v) is 1.21. The average molecular weight is 207 g/mol. The van der Waals surface area contributed by atoms with Crippen LogP contribution in [0.15, 0.2) is 0 Å². The number of likely N-dealkylation sites (N-methyl/N-ethyl adjacent to an activating group) is 1. The maximum Gasteiger partial charge on any atom is 0.237 e. The van der Waals surface area contributed by atoms with Crippen LogP contribution < -0.4 is 0 Å². The van der Waals surface area contributed by atoms with Gasteiger partial charge < -0.3 is 9.80 Å². The van der Waals surface area contributed by atoms with Crippen LogP contribution in [0.5, 0.6) is 0 Å². The highest BCUT2D eigenvalue weighted by Crippen LogP contribution is 1.95. The molecule has 4 heteroatoms. The molecule has 0 N–H and O–H groups in total. The molecule has 0 bridgehead atoms. The molecule has 1 amide bonds. The van der Waals surface area contributed by atoms with Crippen LogP contribution in [-0.4, -0.2) is 55.3 Å². The van der Waals surface area contributed by atoms with Gasteiger partial charge >= 0.3 is 0 Å². The number of hydrogen-bond acceptors (Lipinski definition) is 2. The van der Waals surface area contributed by atoms with E-state index in [9.17, 15) is 4.79 Å². The van der Waals surface area contributed by atoms with E-state index in [0.29, 0.717) is 0 Å². The van der Waals surface area contributed by atoms with Crippen LogP contribution in [-0.2, 0) is 4.79 Å². The normalized spacial score (nSPS) is 10.5. The molecule has 0 aromatic heterocycles. The van der Waals surface area contributed by atoms with Crippen LogP contribution in [0.4, 0.5) is 0 Å². The lowest BCUT2D eigenvalue weighted by molar-refractivity contribution is -0.128. The van der Waals surface area contributed by atoms with Crippen molar-refractivity contribution < 1.29 is 4.79 Å². The van der Waals surface area contributed by atoms with Gasteiger partial charge in [-0.25, -0.2) is 0 Å². The fourth-order valence-electron chi connectivity index (χ4n) is 1.04. The van der Waals surface area contributed by atoms with Gasteiger partial charge in [0.1, 0.15) is 5.88 Å². The van der Waals surface area contributed by atoms with Crippen LogP contribution in [0.3, 0.4) is 0 Å². The number of rotatable bonds is 6. The van der Waals surface area contributed by atoms with Gasteiger partial charge in [0.15, 0.2) is 0 Å². The molecule has 0 aromatic rings. The first kappa shape index (κ1) is 12.7. The van der Waals surface area contributed by atoms with Crippen molar-refractivity contribution in [3.63, 3.8) is 0 Å². The Kier molecular flexibility index (Phi) is 7.00. The SMILES string of the molecule is CCCN(CCN(C)C)C(=O)CCl. The quantitative estimate of drug-likeness (QED) is 0.606. The van der Waals surface area contributed by atoms with Gasteiger partial charge in [-0.05, 0) is 20.5 Å². The molecular formula is C9H19ClN2O. The van der Waals surface area contributed by atoms with E-state index in [1.54, 1.807) is 0 Å². The summed E-state index contributed by atoms with van der Waals surface area (Å²) >= 11 is 5.49. The number of carbonyl (C=O) groups is 1. The average Bonchev–Trinajstić information content (AvgIpc) is 2.10. The van der Waals surface area contributed by atoms with Gasteiger partial charge in [-0.2, -0.15) is 0 Å². The van der Waals surface area contributed by atoms with E-state index in [4.69, 9.17) is 11.6 Å². The van der Waals surface area contributed by atoms with Crippen molar-refractivity contribution >= 4 is 17.5 Å². The molecule has 0 heterocycles. The van der Waals surface area contributed by atoms with E-state index in [2.05, 4.69) is 11.8 Å². The first-order valence-electron chi connectivity index (χ1n) is 4.60. The lowest BCUT2D eigenvalue weighted by Crippen LogP contribution is -2.37. The number of halogens is 1. The summed E-state index contributed by atoms with van der Waals surface area (Å²) in [4.78, 5) is 15.2. The number of nitrogens with zero attached hydrogens (tertiary/aromatic N) is 2. The molecule has 0 fully saturated rings. The summed E-state index contributed by atoms with van der Waals surface area (Å²) in [5.41, 5.74) is 0. The maximum absolute atomic E-state index is 11.3. The lowest BCUT2D eigenvalue weighted by atomic mass is 10.4. The zero-order valence-electron chi connectivity index (χ0n) is 8.72. The Morgan fingerprint density at radius 3 is 2.23 bits per heavy atom. The third-order valence-corrected chi connectivity index (χ3v) is 2.01. The zero-order chi connectivity index (χ0) is 10.3. The minimum atomic E-state index is 0.0327. The summed E-state index contributed by atoms with van der Waals surface area (Å²) in [5.74, 6) is 0.123. The Balaban J connectivity index is 3.86. The number of hydrogen-bond donors (Lipinski definition) is 0. The van der Waals surface area contributed by atoms with Crippen molar-refractivity contribution in [1.29, 1.82) is 0 Å². The Labute approximate surface area is 85.6 Å². The zero-order valence-corrected chi connectivity index (χ0v) is 9.47. The Morgan fingerprint density at radius 1 is 1.23 bits per heavy atom. The van der Waals surface area contributed by atoms with Gasteiger partial charge in [-0.3, -0.25) is 4.79 Å². The van der Waals surface area contributed by atoms with Gasteiger partial charge in [0.25, 0.3) is 0 Å². The summed E-state index contributed by atoms with van der Waals surface area (Å²) < 4.78 is 0. The molecular weight excluding hydrogens is 188 g/mol. The van der Waals surface area contributed by atoms with Gasteiger partial charge in [0.2, 0.25) is 5.91 Å². The van der Waals surface area contributed by atoms with Gasteiger partial charge in [-0.15, -0.1) is 11.6 Å². The second kappa shape index (κ2) is 7.15. The molecule has 0 aliphatic rings. The van der Waals surface area contributed by atoms with Gasteiger partial charge in [0, 0.05) is 19.6 Å². The van der Waals surface area contributed by atoms with Crippen molar-refractivity contribution in [2.75, 3.05) is 39.6 Å². The highest BCUT2D eigenvalue weighted by Gasteiger charge is 2.10. The van der Waals surface area contributed by atoms with E-state index in [1.165, 1.54) is 0 Å². The lowest BCUT2D eigenvalue weighted by Gasteiger charge is -2.22. The molecule has 0 saturated heterocycles. The van der Waals surface area contributed by atoms with Crippen molar-refractivity contribution in [2.45, 2.75) is 13.3 Å². The van der Waals surface area contributed by atoms with E-state index >= 15 is 0 Å². The number of carbonyl (C=O) groups excluding carboxylic acids is 1. The molecule has 0 unspecified atom stereocenters. The van der Waals surface area contributed by atoms with Crippen molar-refractivity contribution in [2.24, 2.45) is 0 Å². The topological polar surface area (TPSA) is 23.6 Å². The maximum atomic E-state index is 11.3. The Bertz CT molecular complexity index is 151. The smallest absolute Gasteiger partial charge is 0.237 e. The molecule has 0 aliphatic heterocycles. The molecule has 0 atom stereocenters. The van der Waals surface area contributed by atoms with Crippen LogP contribution in [0.25, 0.3) is 0 Å². The van der Waals surface area contributed by atoms with Crippen LogP contribution >= 0.6 is 11.6 Å². The first-order chi connectivity index (χ1) is 6.11. The van der Waals surface area contributed by atoms with Crippen molar-refractivity contribution in [3.8, 4) is 0 Å². The third-order valence-electron chi connectivity index (χ3n) is 1.78. The Hall–Kier alpha value is -0.280. The largest absolute Gasteiger partial charge is 0.340 e. The third kappa shape index (κ3) is 5.88. The molecule has 0 radical (unpaired) electrons. The summed E-state index contributed by atoms with van der Waals surface area (Å²) in [5, 5.41) is 0. The van der Waals surface area contributed by atoms with Crippen molar-refractivity contribution in [3.05, 3.63) is 0 Å². The van der Waals surface area contributed by atoms with Gasteiger partial charge in [-0.1, -0.05) is 6.92 Å². The van der Waals surface area contributed by atoms with Gasteiger partial charge in [0.05, 0.1) is 0 Å². The molecule has 0 saturated carbocycles. The predicted octanol–water partition coefficient (Wildman–Crippen LogP) is 1.03. The summed E-state index contributed by atoms with van der Waals surface area (Å²) in [6.07, 6.45) is 0.982. The van der Waals surface area contributed by atoms with Crippen molar-refractivity contribution in [1.82, 2.24) is 9.80 Å². The minimum absolute atomic E-state index is 0.0327. The summed E-state index contributed by atoms with van der Waals surface area (Å²) in [6, 6.07) is 0. The van der Waals surface area contributed by atoms with E-state index < -0.39 is 0 Å². The van der Waals surface area contributed by atoms with E-state index in [-0.39, 0.29) is 11.8 Å². The molecule has 0 rings (SSSR count). The fraction of sp³-hybridized carbons (Fsp3) is 0.889. The van der Waals surface area contributed by atoms with Crippen LogP contribution in [0.2, 0.25) is 0 Å². The monoisotopic (exact) mass is 206 g/mol. The minimum Gasteiger partial charge on any atom is -0.340 e. The first-order valence-corrected chi connectivity index (χ1v) is 5.13. The second-order valence-corrected chi connectivity index (χ2v) is 3.58. The molecule has 78 valence electrons. The van der Waals surface area contributed by atoms with Crippen LogP contribution in [0.1, 0.15) is 13.3 Å². The predicted molar refractivity (Wildman–Crippen MR) is 56.1 cm³/mol. The van der Waals surface area contributed by atoms with E-state index in [1.807, 2.05) is 19.0 Å². The molecule has 0 aromatic carbocycles. The summed E-state index contributed by atoms with van der Waals surface area (Å²) in [7, 11) is 3.99. The van der Waals surface area contributed by atoms with E-state index in [0.717, 1.165) is 26.1 Å². The second-order valence-electron chi connectivity index (χ2n) is 3.32.